The van der Waals surface area contributed by atoms with Crippen molar-refractivity contribution in [3.8, 4) is 0 Å². The summed E-state index contributed by atoms with van der Waals surface area (Å²) in [5, 5.41) is 9.76. The van der Waals surface area contributed by atoms with Crippen LogP contribution in [0.3, 0.4) is 0 Å². The van der Waals surface area contributed by atoms with Crippen LogP contribution < -0.4 is 0 Å². The van der Waals surface area contributed by atoms with Gasteiger partial charge < -0.3 is 10.1 Å². The molecular formula is C10H10FNO. The Labute approximate surface area is 75.0 Å². The van der Waals surface area contributed by atoms with Crippen molar-refractivity contribution in [1.29, 1.82) is 0 Å². The van der Waals surface area contributed by atoms with Gasteiger partial charge >= 0.3 is 0 Å². The van der Waals surface area contributed by atoms with Crippen LogP contribution in [-0.2, 0) is 6.61 Å². The van der Waals surface area contributed by atoms with Crippen molar-refractivity contribution in [3.05, 3.63) is 35.3 Å². The average Bonchev–Trinajstić information content (AvgIpc) is 2.48. The van der Waals surface area contributed by atoms with Crippen molar-refractivity contribution in [1.82, 2.24) is 4.98 Å². The van der Waals surface area contributed by atoms with Gasteiger partial charge in [0, 0.05) is 11.1 Å². The van der Waals surface area contributed by atoms with Gasteiger partial charge in [0.25, 0.3) is 0 Å². The van der Waals surface area contributed by atoms with E-state index in [4.69, 9.17) is 5.11 Å². The molecule has 2 rings (SSSR count). The minimum absolute atomic E-state index is 0.0614. The first-order valence-electron chi connectivity index (χ1n) is 4.10. The molecule has 3 heteroatoms. The predicted molar refractivity (Wildman–Crippen MR) is 48.9 cm³/mol. The largest absolute Gasteiger partial charge is 0.392 e. The molecule has 1 heterocycles. The van der Waals surface area contributed by atoms with Gasteiger partial charge in [-0.15, -0.1) is 0 Å². The Morgan fingerprint density at radius 2 is 2.23 bits per heavy atom. The molecular weight excluding hydrogens is 169 g/mol. The number of hydrogen-bond donors (Lipinski definition) is 2. The molecule has 0 aliphatic carbocycles. The van der Waals surface area contributed by atoms with E-state index in [1.165, 1.54) is 6.07 Å². The van der Waals surface area contributed by atoms with Crippen LogP contribution in [0.4, 0.5) is 4.39 Å². The van der Waals surface area contributed by atoms with Crippen LogP contribution in [0.25, 0.3) is 10.9 Å². The van der Waals surface area contributed by atoms with Crippen molar-refractivity contribution in [3.63, 3.8) is 0 Å². The number of hydrogen-bond acceptors (Lipinski definition) is 1. The molecule has 1 aromatic heterocycles. The molecule has 0 aliphatic heterocycles. The lowest BCUT2D eigenvalue weighted by Gasteiger charge is -1.98. The van der Waals surface area contributed by atoms with E-state index in [1.807, 2.05) is 13.0 Å². The number of H-pyrrole nitrogens is 1. The molecule has 1 aromatic carbocycles. The molecule has 2 N–H and O–H groups in total. The molecule has 0 unspecified atom stereocenters. The van der Waals surface area contributed by atoms with Gasteiger partial charge in [-0.2, -0.15) is 0 Å². The fourth-order valence-corrected chi connectivity index (χ4v) is 1.52. The van der Waals surface area contributed by atoms with E-state index in [-0.39, 0.29) is 12.4 Å². The second kappa shape index (κ2) is 2.85. The molecule has 0 spiro atoms. The standard InChI is InChI=1S/C10H10FNO/c1-6-4-8-7(5-13)2-3-9(11)10(8)12-6/h2-4,12-13H,5H2,1H3. The number of aliphatic hydroxyl groups excluding tert-OH is 1. The SMILES string of the molecule is Cc1cc2c(CO)ccc(F)c2[nH]1. The molecule has 0 radical (unpaired) electrons. The first-order valence-corrected chi connectivity index (χ1v) is 4.10. The van der Waals surface area contributed by atoms with Gasteiger partial charge in [0.1, 0.15) is 5.82 Å². The Hall–Kier alpha value is -1.35. The third kappa shape index (κ3) is 1.21. The highest BCUT2D eigenvalue weighted by atomic mass is 19.1. The molecule has 13 heavy (non-hydrogen) atoms. The molecule has 0 bridgehead atoms. The van der Waals surface area contributed by atoms with Gasteiger partial charge in [-0.05, 0) is 24.6 Å². The maximum absolute atomic E-state index is 13.2. The van der Waals surface area contributed by atoms with Crippen molar-refractivity contribution in [2.45, 2.75) is 13.5 Å². The second-order valence-electron chi connectivity index (χ2n) is 3.11. The van der Waals surface area contributed by atoms with Gasteiger partial charge in [-0.3, -0.25) is 0 Å². The Bertz CT molecular complexity index is 447. The van der Waals surface area contributed by atoms with Crippen LogP contribution in [0.1, 0.15) is 11.3 Å². The average molecular weight is 179 g/mol. The second-order valence-corrected chi connectivity index (χ2v) is 3.11. The summed E-state index contributed by atoms with van der Waals surface area (Å²) in [6, 6.07) is 4.80. The number of aliphatic hydroxyl groups is 1. The Morgan fingerprint density at radius 1 is 1.46 bits per heavy atom. The Kier molecular flexibility index (Phi) is 1.81. The van der Waals surface area contributed by atoms with Crippen LogP contribution in [0.15, 0.2) is 18.2 Å². The van der Waals surface area contributed by atoms with Gasteiger partial charge in [0.05, 0.1) is 12.1 Å². The lowest BCUT2D eigenvalue weighted by atomic mass is 10.1. The lowest BCUT2D eigenvalue weighted by molar-refractivity contribution is 0.283. The first kappa shape index (κ1) is 8.26. The van der Waals surface area contributed by atoms with Crippen molar-refractivity contribution in [2.75, 3.05) is 0 Å². The smallest absolute Gasteiger partial charge is 0.147 e. The van der Waals surface area contributed by atoms with Crippen LogP contribution >= 0.6 is 0 Å². The fraction of sp³-hybridized carbons (Fsp3) is 0.200. The molecule has 2 aromatic rings. The molecule has 0 fully saturated rings. The van der Waals surface area contributed by atoms with Crippen molar-refractivity contribution in [2.24, 2.45) is 0 Å². The van der Waals surface area contributed by atoms with Gasteiger partial charge in [0.2, 0.25) is 0 Å². The Morgan fingerprint density at radius 3 is 2.92 bits per heavy atom. The number of rotatable bonds is 1. The number of aromatic amines is 1. The number of halogens is 1. The van der Waals surface area contributed by atoms with E-state index in [2.05, 4.69) is 4.98 Å². The molecule has 0 amide bonds. The zero-order valence-corrected chi connectivity index (χ0v) is 7.26. The maximum atomic E-state index is 13.2. The number of fused-ring (bicyclic) bond motifs is 1. The first-order chi connectivity index (χ1) is 6.22. The number of aromatic nitrogens is 1. The maximum Gasteiger partial charge on any atom is 0.147 e. The highest BCUT2D eigenvalue weighted by Crippen LogP contribution is 2.22. The highest BCUT2D eigenvalue weighted by Gasteiger charge is 2.07. The number of benzene rings is 1. The summed E-state index contributed by atoms with van der Waals surface area (Å²) in [5.74, 6) is -0.277. The van der Waals surface area contributed by atoms with Crippen LogP contribution in [0.2, 0.25) is 0 Å². The fourth-order valence-electron chi connectivity index (χ4n) is 1.52. The number of nitrogens with one attached hydrogen (secondary N) is 1. The van der Waals surface area contributed by atoms with Crippen molar-refractivity contribution < 1.29 is 9.50 Å². The van der Waals surface area contributed by atoms with E-state index < -0.39 is 0 Å². The summed E-state index contributed by atoms with van der Waals surface area (Å²) in [6.45, 7) is 1.80. The molecule has 2 nitrogen and oxygen atoms in total. The summed E-state index contributed by atoms with van der Waals surface area (Å²) >= 11 is 0. The molecule has 0 atom stereocenters. The summed E-state index contributed by atoms with van der Waals surface area (Å²) < 4.78 is 13.2. The summed E-state index contributed by atoms with van der Waals surface area (Å²) in [5.41, 5.74) is 2.12. The minimum atomic E-state index is -0.277. The summed E-state index contributed by atoms with van der Waals surface area (Å²) in [7, 11) is 0. The van der Waals surface area contributed by atoms with Gasteiger partial charge in [0.15, 0.2) is 0 Å². The molecule has 0 saturated carbocycles. The quantitative estimate of drug-likeness (QED) is 0.691. The topological polar surface area (TPSA) is 36.0 Å². The predicted octanol–water partition coefficient (Wildman–Crippen LogP) is 2.11. The Balaban J connectivity index is 2.83. The molecule has 0 aliphatic rings. The zero-order chi connectivity index (χ0) is 9.42. The molecule has 0 saturated heterocycles. The van der Waals surface area contributed by atoms with Gasteiger partial charge in [-0.1, -0.05) is 6.07 Å². The monoisotopic (exact) mass is 179 g/mol. The van der Waals surface area contributed by atoms with Crippen LogP contribution in [0, 0.1) is 12.7 Å². The van der Waals surface area contributed by atoms with Crippen LogP contribution in [-0.4, -0.2) is 10.1 Å². The number of aryl methyl sites for hydroxylation is 1. The zero-order valence-electron chi connectivity index (χ0n) is 7.26. The molecule has 68 valence electrons. The van der Waals surface area contributed by atoms with E-state index in [0.29, 0.717) is 5.52 Å². The normalized spacial score (nSPS) is 11.0. The minimum Gasteiger partial charge on any atom is -0.392 e. The third-order valence-corrected chi connectivity index (χ3v) is 2.14. The summed E-state index contributed by atoms with van der Waals surface area (Å²) in [6.07, 6.45) is 0. The summed E-state index contributed by atoms with van der Waals surface area (Å²) in [4.78, 5) is 2.92. The van der Waals surface area contributed by atoms with E-state index in [9.17, 15) is 4.39 Å². The lowest BCUT2D eigenvalue weighted by Crippen LogP contribution is -1.86. The van der Waals surface area contributed by atoms with E-state index >= 15 is 0 Å². The van der Waals surface area contributed by atoms with Crippen LogP contribution in [0.5, 0.6) is 0 Å². The van der Waals surface area contributed by atoms with Gasteiger partial charge in [-0.25, -0.2) is 4.39 Å². The third-order valence-electron chi connectivity index (χ3n) is 2.14. The van der Waals surface area contributed by atoms with E-state index in [1.54, 1.807) is 6.07 Å². The highest BCUT2D eigenvalue weighted by molar-refractivity contribution is 5.84. The van der Waals surface area contributed by atoms with Crippen molar-refractivity contribution >= 4 is 10.9 Å². The van der Waals surface area contributed by atoms with E-state index in [0.717, 1.165) is 16.6 Å².